The molecule has 0 fully saturated rings. The van der Waals surface area contributed by atoms with Crippen LogP contribution in [0.2, 0.25) is 0 Å². The summed E-state index contributed by atoms with van der Waals surface area (Å²) in [5.41, 5.74) is 1.41. The first-order valence-electron chi connectivity index (χ1n) is 5.05. The van der Waals surface area contributed by atoms with Gasteiger partial charge in [0.15, 0.2) is 5.78 Å². The van der Waals surface area contributed by atoms with Crippen molar-refractivity contribution in [1.29, 1.82) is 0 Å². The molecule has 0 saturated heterocycles. The smallest absolute Gasteiger partial charge is 0.168 e. The fourth-order valence-corrected chi connectivity index (χ4v) is 1.45. The summed E-state index contributed by atoms with van der Waals surface area (Å²) in [7, 11) is 1.63. The minimum absolute atomic E-state index is 0.160. The first-order chi connectivity index (χ1) is 6.86. The first-order valence-corrected chi connectivity index (χ1v) is 5.05. The lowest BCUT2D eigenvalue weighted by atomic mass is 9.86. The highest BCUT2D eigenvalue weighted by atomic mass is 16.5. The van der Waals surface area contributed by atoms with Crippen LogP contribution in [0.3, 0.4) is 0 Å². The molecule has 82 valence electrons. The van der Waals surface area contributed by atoms with Crippen LogP contribution in [0, 0.1) is 12.3 Å². The van der Waals surface area contributed by atoms with Crippen LogP contribution < -0.4 is 4.74 Å². The van der Waals surface area contributed by atoms with Gasteiger partial charge in [-0.05, 0) is 30.7 Å². The van der Waals surface area contributed by atoms with Gasteiger partial charge in [-0.15, -0.1) is 0 Å². The van der Waals surface area contributed by atoms with Crippen LogP contribution in [0.15, 0.2) is 18.2 Å². The van der Waals surface area contributed by atoms with Gasteiger partial charge in [0.1, 0.15) is 5.75 Å². The van der Waals surface area contributed by atoms with Crippen molar-refractivity contribution in [2.45, 2.75) is 27.7 Å². The lowest BCUT2D eigenvalue weighted by Crippen LogP contribution is -2.20. The van der Waals surface area contributed by atoms with E-state index in [1.165, 1.54) is 0 Å². The van der Waals surface area contributed by atoms with E-state index in [2.05, 4.69) is 0 Å². The van der Waals surface area contributed by atoms with E-state index in [0.717, 1.165) is 16.9 Å². The highest BCUT2D eigenvalue weighted by molar-refractivity contribution is 6.00. The lowest BCUT2D eigenvalue weighted by molar-refractivity contribution is 0.0858. The van der Waals surface area contributed by atoms with Gasteiger partial charge in [-0.1, -0.05) is 20.8 Å². The minimum Gasteiger partial charge on any atom is -0.496 e. The average Bonchev–Trinajstić information content (AvgIpc) is 2.15. The number of carbonyl (C=O) groups excluding carboxylic acids is 1. The van der Waals surface area contributed by atoms with Gasteiger partial charge in [0, 0.05) is 11.0 Å². The normalized spacial score (nSPS) is 11.3. The van der Waals surface area contributed by atoms with E-state index in [1.807, 2.05) is 45.9 Å². The molecule has 0 N–H and O–H groups in total. The molecule has 0 heterocycles. The number of aryl methyl sites for hydroxylation is 1. The van der Waals surface area contributed by atoms with E-state index in [0.29, 0.717) is 0 Å². The SMILES string of the molecule is COc1ccc(C(=O)C(C)(C)C)cc1C. The van der Waals surface area contributed by atoms with Crippen LogP contribution in [0.4, 0.5) is 0 Å². The highest BCUT2D eigenvalue weighted by Gasteiger charge is 2.23. The molecular formula is C13H18O2. The van der Waals surface area contributed by atoms with Gasteiger partial charge in [-0.25, -0.2) is 0 Å². The molecule has 15 heavy (non-hydrogen) atoms. The predicted octanol–water partition coefficient (Wildman–Crippen LogP) is 3.23. The second-order valence-electron chi connectivity index (χ2n) is 4.76. The van der Waals surface area contributed by atoms with E-state index < -0.39 is 0 Å². The number of hydrogen-bond acceptors (Lipinski definition) is 2. The molecule has 1 rings (SSSR count). The number of methoxy groups -OCH3 is 1. The summed E-state index contributed by atoms with van der Waals surface area (Å²) in [5, 5.41) is 0. The molecular weight excluding hydrogens is 188 g/mol. The summed E-state index contributed by atoms with van der Waals surface area (Å²) in [5.74, 6) is 0.980. The molecule has 0 radical (unpaired) electrons. The Bertz CT molecular complexity index is 373. The monoisotopic (exact) mass is 206 g/mol. The summed E-state index contributed by atoms with van der Waals surface area (Å²) >= 11 is 0. The molecule has 0 bridgehead atoms. The van der Waals surface area contributed by atoms with E-state index in [1.54, 1.807) is 7.11 Å². The molecule has 0 aromatic heterocycles. The Kier molecular flexibility index (Phi) is 3.18. The van der Waals surface area contributed by atoms with Crippen LogP contribution in [-0.2, 0) is 0 Å². The third-order valence-electron chi connectivity index (χ3n) is 2.34. The lowest BCUT2D eigenvalue weighted by Gasteiger charge is -2.17. The van der Waals surface area contributed by atoms with Crippen LogP contribution in [0.25, 0.3) is 0 Å². The maximum absolute atomic E-state index is 12.0. The van der Waals surface area contributed by atoms with Crippen molar-refractivity contribution >= 4 is 5.78 Å². The predicted molar refractivity (Wildman–Crippen MR) is 61.5 cm³/mol. The Labute approximate surface area is 91.3 Å². The molecule has 0 aliphatic rings. The largest absolute Gasteiger partial charge is 0.496 e. The van der Waals surface area contributed by atoms with E-state index in [-0.39, 0.29) is 11.2 Å². The summed E-state index contributed by atoms with van der Waals surface area (Å²) in [6, 6.07) is 5.54. The van der Waals surface area contributed by atoms with Crippen LogP contribution >= 0.6 is 0 Å². The molecule has 1 aromatic rings. The van der Waals surface area contributed by atoms with Gasteiger partial charge < -0.3 is 4.74 Å². The summed E-state index contributed by atoms with van der Waals surface area (Å²) in [6.45, 7) is 7.72. The zero-order chi connectivity index (χ0) is 11.6. The van der Waals surface area contributed by atoms with Crippen molar-refractivity contribution in [2.75, 3.05) is 7.11 Å². The molecule has 2 heteroatoms. The Morgan fingerprint density at radius 2 is 1.87 bits per heavy atom. The van der Waals surface area contributed by atoms with Gasteiger partial charge in [0.2, 0.25) is 0 Å². The molecule has 0 saturated carbocycles. The van der Waals surface area contributed by atoms with Crippen LogP contribution in [0.1, 0.15) is 36.7 Å². The average molecular weight is 206 g/mol. The van der Waals surface area contributed by atoms with E-state index in [4.69, 9.17) is 4.74 Å². The highest BCUT2D eigenvalue weighted by Crippen LogP contribution is 2.24. The zero-order valence-electron chi connectivity index (χ0n) is 10.0. The van der Waals surface area contributed by atoms with Crippen molar-refractivity contribution in [3.63, 3.8) is 0 Å². The molecule has 0 atom stereocenters. The summed E-state index contributed by atoms with van der Waals surface area (Å²) in [4.78, 5) is 12.0. The van der Waals surface area contributed by atoms with Crippen molar-refractivity contribution in [3.8, 4) is 5.75 Å². The standard InChI is InChI=1S/C13H18O2/c1-9-8-10(6-7-11(9)15-5)12(14)13(2,3)4/h6-8H,1-5H3. The van der Waals surface area contributed by atoms with Crippen molar-refractivity contribution in [1.82, 2.24) is 0 Å². The van der Waals surface area contributed by atoms with Gasteiger partial charge in [-0.3, -0.25) is 4.79 Å². The molecule has 1 aromatic carbocycles. The van der Waals surface area contributed by atoms with Gasteiger partial charge in [0.25, 0.3) is 0 Å². The molecule has 0 aliphatic heterocycles. The third-order valence-corrected chi connectivity index (χ3v) is 2.34. The van der Waals surface area contributed by atoms with Crippen molar-refractivity contribution < 1.29 is 9.53 Å². The number of benzene rings is 1. The third kappa shape index (κ3) is 2.58. The van der Waals surface area contributed by atoms with E-state index in [9.17, 15) is 4.79 Å². The Morgan fingerprint density at radius 3 is 2.27 bits per heavy atom. The van der Waals surface area contributed by atoms with Crippen LogP contribution in [0.5, 0.6) is 5.75 Å². The Balaban J connectivity index is 3.08. The Morgan fingerprint density at radius 1 is 1.27 bits per heavy atom. The quantitative estimate of drug-likeness (QED) is 0.694. The van der Waals surface area contributed by atoms with Gasteiger partial charge >= 0.3 is 0 Å². The minimum atomic E-state index is -0.332. The fourth-order valence-electron chi connectivity index (χ4n) is 1.45. The Hall–Kier alpha value is -1.31. The number of ketones is 1. The van der Waals surface area contributed by atoms with Gasteiger partial charge in [0.05, 0.1) is 7.11 Å². The molecule has 0 spiro atoms. The maximum Gasteiger partial charge on any atom is 0.168 e. The molecule has 2 nitrogen and oxygen atoms in total. The molecule has 0 aliphatic carbocycles. The van der Waals surface area contributed by atoms with Crippen molar-refractivity contribution in [2.24, 2.45) is 5.41 Å². The molecule has 0 unspecified atom stereocenters. The second kappa shape index (κ2) is 4.05. The van der Waals surface area contributed by atoms with Crippen molar-refractivity contribution in [3.05, 3.63) is 29.3 Å². The van der Waals surface area contributed by atoms with Crippen LogP contribution in [-0.4, -0.2) is 12.9 Å². The second-order valence-corrected chi connectivity index (χ2v) is 4.76. The van der Waals surface area contributed by atoms with Gasteiger partial charge in [-0.2, -0.15) is 0 Å². The topological polar surface area (TPSA) is 26.3 Å². The summed E-state index contributed by atoms with van der Waals surface area (Å²) < 4.78 is 5.15. The maximum atomic E-state index is 12.0. The fraction of sp³-hybridized carbons (Fsp3) is 0.462. The number of Topliss-reactive ketones (excluding diaryl/α,β-unsaturated/α-hetero) is 1. The molecule has 0 amide bonds. The first kappa shape index (κ1) is 11.8. The number of carbonyl (C=O) groups is 1. The number of hydrogen-bond donors (Lipinski definition) is 0. The number of ether oxygens (including phenoxy) is 1. The summed E-state index contributed by atoms with van der Waals surface area (Å²) in [6.07, 6.45) is 0. The zero-order valence-corrected chi connectivity index (χ0v) is 10.0. The van der Waals surface area contributed by atoms with E-state index >= 15 is 0 Å². The number of rotatable bonds is 2.